The Morgan fingerprint density at radius 2 is 1.59 bits per heavy atom. The van der Waals surface area contributed by atoms with Gasteiger partial charge in [0.25, 0.3) is 0 Å². The molecule has 0 bridgehead atoms. The van der Waals surface area contributed by atoms with Gasteiger partial charge >= 0.3 is 0 Å². The van der Waals surface area contributed by atoms with Crippen LogP contribution in [0, 0.1) is 0 Å². The lowest BCUT2D eigenvalue weighted by Crippen LogP contribution is -2.68. The van der Waals surface area contributed by atoms with Gasteiger partial charge in [-0.25, -0.2) is 4.99 Å². The minimum absolute atomic E-state index is 0.839. The van der Waals surface area contributed by atoms with Gasteiger partial charge in [0, 0.05) is 18.7 Å². The molecule has 3 nitrogen and oxygen atoms in total. The summed E-state index contributed by atoms with van der Waals surface area (Å²) in [6.07, 6.45) is 13.7. The highest BCUT2D eigenvalue weighted by molar-refractivity contribution is 6.06. The molecule has 1 aliphatic heterocycles. The van der Waals surface area contributed by atoms with Crippen LogP contribution in [-0.2, 0) is 4.74 Å². The average Bonchev–Trinajstić information content (AvgIpc) is 2.87. The third kappa shape index (κ3) is 4.73. The number of allylic oxidation sites excluding steroid dienone is 9. The zero-order chi connectivity index (χ0) is 22.3. The second kappa shape index (κ2) is 9.97. The molecule has 1 heterocycles. The van der Waals surface area contributed by atoms with E-state index in [1.165, 1.54) is 16.7 Å². The maximum Gasteiger partial charge on any atom is 0.221 e. The van der Waals surface area contributed by atoms with Gasteiger partial charge in [0.2, 0.25) is 5.71 Å². The highest BCUT2D eigenvalue weighted by Gasteiger charge is 2.17. The normalized spacial score (nSPS) is 19.8. The van der Waals surface area contributed by atoms with E-state index in [2.05, 4.69) is 90.1 Å². The van der Waals surface area contributed by atoms with Gasteiger partial charge in [-0.15, -0.1) is 0 Å². The van der Waals surface area contributed by atoms with E-state index < -0.39 is 0 Å². The molecular weight excluding hydrogens is 392 g/mol. The van der Waals surface area contributed by atoms with Crippen molar-refractivity contribution in [3.63, 3.8) is 0 Å². The summed E-state index contributed by atoms with van der Waals surface area (Å²) in [6, 6.07) is 20.7. The average molecular weight is 422 g/mol. The lowest BCUT2D eigenvalue weighted by molar-refractivity contribution is -0.418. The summed E-state index contributed by atoms with van der Waals surface area (Å²) >= 11 is 0. The lowest BCUT2D eigenvalue weighted by Gasteiger charge is -2.19. The monoisotopic (exact) mass is 421 g/mol. The van der Waals surface area contributed by atoms with Gasteiger partial charge in [-0.05, 0) is 59.1 Å². The van der Waals surface area contributed by atoms with Crippen LogP contribution in [0.5, 0.6) is 0 Å². The van der Waals surface area contributed by atoms with Crippen LogP contribution < -0.4 is 10.3 Å². The van der Waals surface area contributed by atoms with Gasteiger partial charge in [0.05, 0.1) is 0 Å². The lowest BCUT2D eigenvalue weighted by atomic mass is 9.96. The largest absolute Gasteiger partial charge is 0.457 e. The van der Waals surface area contributed by atoms with E-state index in [1.807, 2.05) is 38.4 Å². The van der Waals surface area contributed by atoms with E-state index in [9.17, 15) is 0 Å². The zero-order valence-corrected chi connectivity index (χ0v) is 18.9. The smallest absolute Gasteiger partial charge is 0.221 e. The van der Waals surface area contributed by atoms with Gasteiger partial charge in [-0.2, -0.15) is 0 Å². The van der Waals surface area contributed by atoms with Crippen molar-refractivity contribution in [1.82, 2.24) is 5.32 Å². The van der Waals surface area contributed by atoms with Crippen molar-refractivity contribution < 1.29 is 9.73 Å². The number of ether oxygens (including phenoxy) is 1. The molecule has 0 amide bonds. The fourth-order valence-corrected chi connectivity index (χ4v) is 3.87. The number of hydrogen-bond acceptors (Lipinski definition) is 2. The Bertz CT molecular complexity index is 1190. The zero-order valence-electron chi connectivity index (χ0n) is 18.9. The van der Waals surface area contributed by atoms with E-state index in [0.717, 1.165) is 40.5 Å². The third-order valence-electron chi connectivity index (χ3n) is 5.60. The Morgan fingerprint density at radius 3 is 2.22 bits per heavy atom. The highest BCUT2D eigenvalue weighted by Crippen LogP contribution is 2.33. The maximum atomic E-state index is 6.38. The van der Waals surface area contributed by atoms with Crippen LogP contribution in [0.2, 0.25) is 0 Å². The Morgan fingerprint density at radius 1 is 0.906 bits per heavy atom. The molecule has 2 aliphatic rings. The first kappa shape index (κ1) is 21.4. The molecule has 0 saturated heterocycles. The molecule has 0 atom stereocenters. The fraction of sp³-hybridized carbons (Fsp3) is 0.138. The molecule has 0 radical (unpaired) electrons. The first-order valence-corrected chi connectivity index (χ1v) is 11.0. The molecule has 2 aromatic rings. The first-order valence-electron chi connectivity index (χ1n) is 11.0. The summed E-state index contributed by atoms with van der Waals surface area (Å²) in [6.45, 7) is 2.18. The van der Waals surface area contributed by atoms with Crippen molar-refractivity contribution in [2.45, 2.75) is 13.3 Å². The van der Waals surface area contributed by atoms with Gasteiger partial charge in [0.15, 0.2) is 0 Å². The number of nitrogens with one attached hydrogen (secondary N) is 2. The Labute approximate surface area is 190 Å². The molecule has 3 heteroatoms. The molecule has 0 fully saturated rings. The van der Waals surface area contributed by atoms with Gasteiger partial charge < -0.3 is 10.1 Å². The summed E-state index contributed by atoms with van der Waals surface area (Å²) in [4.78, 5) is 3.23. The quantitative estimate of drug-likeness (QED) is 0.743. The van der Waals surface area contributed by atoms with Crippen LogP contribution in [0.15, 0.2) is 120 Å². The number of benzene rings is 2. The first-order chi connectivity index (χ1) is 15.7. The molecule has 0 unspecified atom stereocenters. The molecule has 4 rings (SSSR count). The molecule has 0 saturated carbocycles. The van der Waals surface area contributed by atoms with Crippen molar-refractivity contribution in [3.05, 3.63) is 131 Å². The van der Waals surface area contributed by atoms with Crippen LogP contribution in [0.3, 0.4) is 0 Å². The van der Waals surface area contributed by atoms with Crippen molar-refractivity contribution in [3.8, 4) is 0 Å². The van der Waals surface area contributed by atoms with Crippen molar-refractivity contribution in [2.75, 3.05) is 14.1 Å². The van der Waals surface area contributed by atoms with Crippen LogP contribution >= 0.6 is 0 Å². The topological polar surface area (TPSA) is 35.2 Å². The van der Waals surface area contributed by atoms with E-state index in [4.69, 9.17) is 4.74 Å². The second-order valence-corrected chi connectivity index (χ2v) is 7.63. The summed E-state index contributed by atoms with van der Waals surface area (Å²) in [7, 11) is 3.88. The van der Waals surface area contributed by atoms with Crippen molar-refractivity contribution in [1.29, 1.82) is 0 Å². The van der Waals surface area contributed by atoms with Crippen LogP contribution in [-0.4, -0.2) is 19.8 Å². The predicted octanol–water partition coefficient (Wildman–Crippen LogP) is 4.56. The predicted molar refractivity (Wildman–Crippen MR) is 133 cm³/mol. The fourth-order valence-electron chi connectivity index (χ4n) is 3.87. The van der Waals surface area contributed by atoms with Gasteiger partial charge in [0.1, 0.15) is 24.3 Å². The van der Waals surface area contributed by atoms with Crippen LogP contribution in [0.1, 0.15) is 24.5 Å². The van der Waals surface area contributed by atoms with E-state index in [-0.39, 0.29) is 0 Å². The third-order valence-corrected chi connectivity index (χ3v) is 5.60. The SMILES string of the molecule is CCC(C=C1C=C(c2ccccc2)C=C(c2ccccc2)O1)=C1C=CC(=[NH+]C)C(NC)=C1. The van der Waals surface area contributed by atoms with E-state index >= 15 is 0 Å². The number of rotatable bonds is 5. The van der Waals surface area contributed by atoms with Crippen LogP contribution in [0.4, 0.5) is 0 Å². The Balaban J connectivity index is 1.78. The molecule has 32 heavy (non-hydrogen) atoms. The second-order valence-electron chi connectivity index (χ2n) is 7.63. The molecule has 160 valence electrons. The van der Waals surface area contributed by atoms with Crippen molar-refractivity contribution >= 4 is 17.0 Å². The summed E-state index contributed by atoms with van der Waals surface area (Å²) in [5.74, 6) is 1.70. The minimum atomic E-state index is 0.839. The summed E-state index contributed by atoms with van der Waals surface area (Å²) in [5, 5.41) is 3.28. The standard InChI is InChI=1S/C29H28N2O/c1-4-21(24-15-16-27(30-2)28(19-24)31-3)17-26-18-25(22-11-7-5-8-12-22)20-29(32-26)23-13-9-6-10-14-23/h5-20,31H,4H2,1-3H3/p+1. The summed E-state index contributed by atoms with van der Waals surface area (Å²) < 4.78 is 6.38. The van der Waals surface area contributed by atoms with E-state index in [0.29, 0.717) is 0 Å². The van der Waals surface area contributed by atoms with E-state index in [1.54, 1.807) is 0 Å². The summed E-state index contributed by atoms with van der Waals surface area (Å²) in [5.41, 5.74) is 7.92. The molecule has 0 spiro atoms. The Hall–Kier alpha value is -3.85. The van der Waals surface area contributed by atoms with Gasteiger partial charge in [-0.3, -0.25) is 0 Å². The molecular formula is C29H29N2O+. The molecule has 2 N–H and O–H groups in total. The van der Waals surface area contributed by atoms with Gasteiger partial charge in [-0.1, -0.05) is 67.6 Å². The maximum absolute atomic E-state index is 6.38. The molecule has 2 aromatic carbocycles. The minimum Gasteiger partial charge on any atom is -0.457 e. The van der Waals surface area contributed by atoms with Crippen molar-refractivity contribution in [2.24, 2.45) is 0 Å². The molecule has 0 aromatic heterocycles. The molecule has 1 aliphatic carbocycles. The Kier molecular flexibility index (Phi) is 6.66. The van der Waals surface area contributed by atoms with Crippen LogP contribution in [0.25, 0.3) is 11.3 Å². The highest BCUT2D eigenvalue weighted by atomic mass is 16.5. The number of hydrogen-bond donors (Lipinski definition) is 2.